The van der Waals surface area contributed by atoms with Crippen LogP contribution < -0.4 is 14.2 Å². The normalized spacial score (nSPS) is 15.2. The molecule has 0 N–H and O–H groups in total. The fourth-order valence-corrected chi connectivity index (χ4v) is 5.29. The van der Waals surface area contributed by atoms with Gasteiger partial charge in [-0.05, 0) is 37.1 Å². The standard InChI is InChI=1S/C20H25NO7S/c1-25-17-7-6-16(18(26-2)19(17)27-3)20(22)21-10-8-15(9-11-21)29(23,24)13-14-5-4-12-28-14/h4-7,12,15H,8-11,13H2,1-3H3. The SMILES string of the molecule is COc1ccc(C(=O)N2CCC(S(=O)(=O)Cc3ccco3)CC2)c(OC)c1OC. The molecule has 2 aromatic rings. The van der Waals surface area contributed by atoms with Gasteiger partial charge in [0.2, 0.25) is 5.75 Å². The number of sulfone groups is 1. The van der Waals surface area contributed by atoms with E-state index in [9.17, 15) is 13.2 Å². The molecule has 1 aliphatic rings. The largest absolute Gasteiger partial charge is 0.493 e. The zero-order valence-electron chi connectivity index (χ0n) is 16.7. The molecule has 1 aromatic heterocycles. The number of benzene rings is 1. The fraction of sp³-hybridized carbons (Fsp3) is 0.450. The summed E-state index contributed by atoms with van der Waals surface area (Å²) in [5, 5.41) is -0.496. The topological polar surface area (TPSA) is 95.3 Å². The predicted molar refractivity (Wildman–Crippen MR) is 106 cm³/mol. The van der Waals surface area contributed by atoms with Crippen molar-refractivity contribution < 1.29 is 31.8 Å². The third kappa shape index (κ3) is 4.34. The van der Waals surface area contributed by atoms with Crippen LogP contribution in [-0.2, 0) is 15.6 Å². The zero-order chi connectivity index (χ0) is 21.0. The average molecular weight is 423 g/mol. The third-order valence-corrected chi connectivity index (χ3v) is 7.27. The molecule has 0 saturated carbocycles. The van der Waals surface area contributed by atoms with Gasteiger partial charge in [0.25, 0.3) is 5.91 Å². The van der Waals surface area contributed by atoms with Crippen molar-refractivity contribution in [2.24, 2.45) is 0 Å². The highest BCUT2D eigenvalue weighted by Crippen LogP contribution is 2.40. The lowest BCUT2D eigenvalue weighted by Crippen LogP contribution is -2.42. The smallest absolute Gasteiger partial charge is 0.257 e. The Bertz CT molecular complexity index is 945. The summed E-state index contributed by atoms with van der Waals surface area (Å²) in [4.78, 5) is 14.7. The van der Waals surface area contributed by atoms with Gasteiger partial charge in [0.1, 0.15) is 11.5 Å². The van der Waals surface area contributed by atoms with Gasteiger partial charge in [-0.2, -0.15) is 0 Å². The molecule has 158 valence electrons. The zero-order valence-corrected chi connectivity index (χ0v) is 17.5. The van der Waals surface area contributed by atoms with E-state index in [0.717, 1.165) is 0 Å². The first-order valence-corrected chi connectivity index (χ1v) is 10.9. The number of likely N-dealkylation sites (tertiary alicyclic amines) is 1. The lowest BCUT2D eigenvalue weighted by molar-refractivity contribution is 0.0721. The number of carbonyl (C=O) groups excluding carboxylic acids is 1. The minimum absolute atomic E-state index is 0.123. The maximum absolute atomic E-state index is 13.0. The van der Waals surface area contributed by atoms with Gasteiger partial charge in [0.15, 0.2) is 21.3 Å². The minimum Gasteiger partial charge on any atom is -0.493 e. The number of nitrogens with zero attached hydrogens (tertiary/aromatic N) is 1. The number of piperidine rings is 1. The second-order valence-corrected chi connectivity index (χ2v) is 9.04. The fourth-order valence-electron chi connectivity index (χ4n) is 3.57. The van der Waals surface area contributed by atoms with Crippen LogP contribution in [0.4, 0.5) is 0 Å². The lowest BCUT2D eigenvalue weighted by atomic mass is 10.1. The highest BCUT2D eigenvalue weighted by Gasteiger charge is 2.33. The Labute approximate surface area is 170 Å². The molecule has 29 heavy (non-hydrogen) atoms. The number of hydrogen-bond donors (Lipinski definition) is 0. The molecule has 1 saturated heterocycles. The van der Waals surface area contributed by atoms with Crippen molar-refractivity contribution in [1.82, 2.24) is 4.90 Å². The molecule has 3 rings (SSSR count). The Balaban J connectivity index is 1.72. The number of hydrogen-bond acceptors (Lipinski definition) is 7. The number of amides is 1. The van der Waals surface area contributed by atoms with Crippen LogP contribution in [0, 0.1) is 0 Å². The maximum atomic E-state index is 13.0. The van der Waals surface area contributed by atoms with Crippen LogP contribution in [0.1, 0.15) is 29.0 Å². The van der Waals surface area contributed by atoms with Crippen molar-refractivity contribution in [3.8, 4) is 17.2 Å². The van der Waals surface area contributed by atoms with Crippen LogP contribution in [0.25, 0.3) is 0 Å². The summed E-state index contributed by atoms with van der Waals surface area (Å²) >= 11 is 0. The van der Waals surface area contributed by atoms with Crippen molar-refractivity contribution in [3.05, 3.63) is 41.9 Å². The van der Waals surface area contributed by atoms with Gasteiger partial charge in [0, 0.05) is 13.1 Å². The summed E-state index contributed by atoms with van der Waals surface area (Å²) in [6.45, 7) is 0.691. The molecule has 0 atom stereocenters. The van der Waals surface area contributed by atoms with Crippen LogP contribution in [-0.4, -0.2) is 58.9 Å². The van der Waals surface area contributed by atoms with Gasteiger partial charge in [-0.1, -0.05) is 0 Å². The lowest BCUT2D eigenvalue weighted by Gasteiger charge is -2.32. The first-order valence-electron chi connectivity index (χ1n) is 9.23. The second kappa shape index (κ2) is 8.77. The Morgan fingerprint density at radius 2 is 1.76 bits per heavy atom. The molecule has 9 heteroatoms. The summed E-state index contributed by atoms with van der Waals surface area (Å²) in [6.07, 6.45) is 2.22. The molecule has 1 fully saturated rings. The average Bonchev–Trinajstić information content (AvgIpc) is 3.24. The van der Waals surface area contributed by atoms with E-state index in [-0.39, 0.29) is 11.7 Å². The number of carbonyl (C=O) groups is 1. The van der Waals surface area contributed by atoms with Crippen molar-refractivity contribution in [1.29, 1.82) is 0 Å². The van der Waals surface area contributed by atoms with Gasteiger partial charge >= 0.3 is 0 Å². The van der Waals surface area contributed by atoms with Crippen LogP contribution in [0.15, 0.2) is 34.9 Å². The van der Waals surface area contributed by atoms with Crippen molar-refractivity contribution >= 4 is 15.7 Å². The number of methoxy groups -OCH3 is 3. The highest BCUT2D eigenvalue weighted by atomic mass is 32.2. The molecule has 0 radical (unpaired) electrons. The molecule has 0 unspecified atom stereocenters. The predicted octanol–water partition coefficient (Wildman–Crippen LogP) is 2.53. The van der Waals surface area contributed by atoms with E-state index in [4.69, 9.17) is 18.6 Å². The van der Waals surface area contributed by atoms with Crippen LogP contribution in [0.3, 0.4) is 0 Å². The number of rotatable bonds is 7. The molecule has 0 aliphatic carbocycles. The molecule has 0 bridgehead atoms. The summed E-state index contributed by atoms with van der Waals surface area (Å²) in [5.74, 6) is 1.18. The van der Waals surface area contributed by atoms with Crippen molar-refractivity contribution in [2.75, 3.05) is 34.4 Å². The van der Waals surface area contributed by atoms with Crippen LogP contribution in [0.5, 0.6) is 17.2 Å². The van der Waals surface area contributed by atoms with E-state index in [1.165, 1.54) is 27.6 Å². The first-order chi connectivity index (χ1) is 13.9. The van der Waals surface area contributed by atoms with E-state index in [0.29, 0.717) is 54.5 Å². The van der Waals surface area contributed by atoms with Gasteiger partial charge < -0.3 is 23.5 Å². The maximum Gasteiger partial charge on any atom is 0.257 e. The molecule has 8 nitrogen and oxygen atoms in total. The minimum atomic E-state index is -3.35. The van der Waals surface area contributed by atoms with Gasteiger partial charge in [-0.3, -0.25) is 4.79 Å². The van der Waals surface area contributed by atoms with Gasteiger partial charge in [0.05, 0.1) is 38.4 Å². The molecular formula is C20H25NO7S. The monoisotopic (exact) mass is 423 g/mol. The van der Waals surface area contributed by atoms with Gasteiger partial charge in [-0.15, -0.1) is 0 Å². The Morgan fingerprint density at radius 3 is 2.31 bits per heavy atom. The van der Waals surface area contributed by atoms with Crippen molar-refractivity contribution in [3.63, 3.8) is 0 Å². The molecule has 1 aromatic carbocycles. The van der Waals surface area contributed by atoms with Crippen LogP contribution in [0.2, 0.25) is 0 Å². The summed E-state index contributed by atoms with van der Waals surface area (Å²) in [7, 11) is 1.10. The van der Waals surface area contributed by atoms with E-state index < -0.39 is 15.1 Å². The van der Waals surface area contributed by atoms with Gasteiger partial charge in [-0.25, -0.2) is 8.42 Å². The summed E-state index contributed by atoms with van der Waals surface area (Å²) in [5.41, 5.74) is 0.349. The Kier molecular flexibility index (Phi) is 6.36. The van der Waals surface area contributed by atoms with Crippen LogP contribution >= 0.6 is 0 Å². The van der Waals surface area contributed by atoms with E-state index in [2.05, 4.69) is 0 Å². The van der Waals surface area contributed by atoms with Crippen molar-refractivity contribution in [2.45, 2.75) is 23.8 Å². The quantitative estimate of drug-likeness (QED) is 0.675. The summed E-state index contributed by atoms with van der Waals surface area (Å²) < 4.78 is 46.4. The Morgan fingerprint density at radius 1 is 1.07 bits per heavy atom. The Hall–Kier alpha value is -2.68. The number of furan rings is 1. The highest BCUT2D eigenvalue weighted by molar-refractivity contribution is 7.91. The molecule has 0 spiro atoms. The summed E-state index contributed by atoms with van der Waals surface area (Å²) in [6, 6.07) is 6.60. The second-order valence-electron chi connectivity index (χ2n) is 6.76. The number of ether oxygens (including phenoxy) is 3. The molecule has 1 amide bonds. The molecule has 2 heterocycles. The molecule has 1 aliphatic heterocycles. The van der Waals surface area contributed by atoms with E-state index in [1.54, 1.807) is 29.2 Å². The third-order valence-electron chi connectivity index (χ3n) is 5.10. The van der Waals surface area contributed by atoms with E-state index in [1.807, 2.05) is 0 Å². The molecular weight excluding hydrogens is 398 g/mol. The first kappa shape index (κ1) is 21.0. The van der Waals surface area contributed by atoms with E-state index >= 15 is 0 Å².